The van der Waals surface area contributed by atoms with Gasteiger partial charge in [0.05, 0.1) is 16.7 Å². The van der Waals surface area contributed by atoms with Gasteiger partial charge in [-0.2, -0.15) is 0 Å². The predicted molar refractivity (Wildman–Crippen MR) is 260 cm³/mol. The first-order chi connectivity index (χ1) is 30.7. The highest BCUT2D eigenvalue weighted by atomic mass is 32.1. The summed E-state index contributed by atoms with van der Waals surface area (Å²) in [7, 11) is 0. The van der Waals surface area contributed by atoms with Crippen LogP contribution in [0, 0.1) is 0 Å². The average Bonchev–Trinajstić information content (AvgIpc) is 3.90. The summed E-state index contributed by atoms with van der Waals surface area (Å²) >= 11 is 1.87. The standard InChI is InChI=1S/C57H36N4S/c1-4-15-37(16-5-1)38-27-29-41(30-28-38)56-58-55(40-19-8-3-9-20-40)59-57(60-56)43-32-34-51(49(35-43)39-17-6-2-7-18-39)61-50-25-12-10-21-45(50)46-33-31-42(36-52(46)61)44-23-14-24-48-47-22-11-13-26-53(47)62-54(44)48/h1-36H. The number of aromatic nitrogens is 4. The van der Waals surface area contributed by atoms with E-state index in [4.69, 9.17) is 15.0 Å². The Bertz CT molecular complexity index is 3610. The molecule has 9 aromatic carbocycles. The molecule has 0 radical (unpaired) electrons. The largest absolute Gasteiger partial charge is 0.309 e. The Kier molecular flexibility index (Phi) is 8.65. The molecule has 0 fully saturated rings. The molecule has 0 N–H and O–H groups in total. The topological polar surface area (TPSA) is 43.6 Å². The van der Waals surface area contributed by atoms with Gasteiger partial charge in [0.2, 0.25) is 0 Å². The van der Waals surface area contributed by atoms with Crippen LogP contribution in [0.1, 0.15) is 0 Å². The fourth-order valence-electron chi connectivity index (χ4n) is 8.88. The molecule has 0 aliphatic heterocycles. The number of rotatable bonds is 7. The highest BCUT2D eigenvalue weighted by Gasteiger charge is 2.20. The molecule has 0 saturated carbocycles. The van der Waals surface area contributed by atoms with Crippen molar-refractivity contribution in [1.82, 2.24) is 19.5 Å². The molecule has 0 bridgehead atoms. The van der Waals surface area contributed by atoms with Crippen LogP contribution in [0.15, 0.2) is 218 Å². The zero-order valence-corrected chi connectivity index (χ0v) is 34.3. The monoisotopic (exact) mass is 808 g/mol. The fourth-order valence-corrected chi connectivity index (χ4v) is 10.1. The van der Waals surface area contributed by atoms with Gasteiger partial charge in [-0.15, -0.1) is 11.3 Å². The minimum Gasteiger partial charge on any atom is -0.309 e. The van der Waals surface area contributed by atoms with E-state index < -0.39 is 0 Å². The number of benzene rings is 9. The van der Waals surface area contributed by atoms with E-state index in [0.29, 0.717) is 17.5 Å². The van der Waals surface area contributed by atoms with Crippen molar-refractivity contribution in [2.24, 2.45) is 0 Å². The molecule has 4 nitrogen and oxygen atoms in total. The second-order valence-electron chi connectivity index (χ2n) is 15.6. The molecule has 3 heterocycles. The van der Waals surface area contributed by atoms with Crippen molar-refractivity contribution in [3.63, 3.8) is 0 Å². The first-order valence-corrected chi connectivity index (χ1v) is 21.7. The van der Waals surface area contributed by atoms with Gasteiger partial charge in [-0.3, -0.25) is 0 Å². The van der Waals surface area contributed by atoms with Crippen LogP contribution in [0.2, 0.25) is 0 Å². The summed E-state index contributed by atoms with van der Waals surface area (Å²) in [5, 5.41) is 5.03. The van der Waals surface area contributed by atoms with Crippen molar-refractivity contribution in [3.8, 4) is 73.2 Å². The maximum Gasteiger partial charge on any atom is 0.164 e. The Morgan fingerprint density at radius 2 is 0.823 bits per heavy atom. The van der Waals surface area contributed by atoms with E-state index in [-0.39, 0.29) is 0 Å². The Morgan fingerprint density at radius 3 is 1.56 bits per heavy atom. The summed E-state index contributed by atoms with van der Waals surface area (Å²) in [4.78, 5) is 15.4. The van der Waals surface area contributed by atoms with Gasteiger partial charge in [0.15, 0.2) is 17.5 Å². The third kappa shape index (κ3) is 6.18. The molecule has 0 aliphatic rings. The van der Waals surface area contributed by atoms with Crippen LogP contribution in [-0.4, -0.2) is 19.5 Å². The summed E-state index contributed by atoms with van der Waals surface area (Å²) in [6.07, 6.45) is 0. The molecule has 0 unspecified atom stereocenters. The molecule has 12 aromatic rings. The average molecular weight is 809 g/mol. The van der Waals surface area contributed by atoms with Gasteiger partial charge >= 0.3 is 0 Å². The molecule has 0 saturated heterocycles. The van der Waals surface area contributed by atoms with Gasteiger partial charge in [-0.1, -0.05) is 182 Å². The van der Waals surface area contributed by atoms with Crippen molar-refractivity contribution in [3.05, 3.63) is 218 Å². The highest BCUT2D eigenvalue weighted by Crippen LogP contribution is 2.43. The van der Waals surface area contributed by atoms with E-state index in [0.717, 1.165) is 50.1 Å². The number of hydrogen-bond donors (Lipinski definition) is 0. The number of para-hydroxylation sites is 1. The SMILES string of the molecule is c1ccc(-c2ccc(-c3nc(-c4ccccc4)nc(-c4ccc(-n5c6ccccc6c6ccc(-c7cccc8c7sc7ccccc78)cc65)c(-c5ccccc5)c4)n3)cc2)cc1. The number of thiophene rings is 1. The first-order valence-electron chi connectivity index (χ1n) is 20.8. The van der Waals surface area contributed by atoms with E-state index in [1.165, 1.54) is 47.6 Å². The molecule has 0 amide bonds. The summed E-state index contributed by atoms with van der Waals surface area (Å²) in [6, 6.07) is 77.5. The third-order valence-corrected chi connectivity index (χ3v) is 13.1. The summed E-state index contributed by atoms with van der Waals surface area (Å²) in [5.74, 6) is 1.87. The van der Waals surface area contributed by atoms with Gasteiger partial charge < -0.3 is 4.57 Å². The van der Waals surface area contributed by atoms with Gasteiger partial charge in [0.25, 0.3) is 0 Å². The van der Waals surface area contributed by atoms with Crippen LogP contribution in [0.4, 0.5) is 0 Å². The minimum atomic E-state index is 0.616. The second kappa shape index (κ2) is 14.9. The Balaban J connectivity index is 1.05. The second-order valence-corrected chi connectivity index (χ2v) is 16.6. The van der Waals surface area contributed by atoms with E-state index >= 15 is 0 Å². The van der Waals surface area contributed by atoms with Crippen LogP contribution in [-0.2, 0) is 0 Å². The van der Waals surface area contributed by atoms with Crippen molar-refractivity contribution < 1.29 is 0 Å². The third-order valence-electron chi connectivity index (χ3n) is 11.9. The zero-order valence-electron chi connectivity index (χ0n) is 33.5. The highest BCUT2D eigenvalue weighted by molar-refractivity contribution is 7.26. The minimum absolute atomic E-state index is 0.616. The number of fused-ring (bicyclic) bond motifs is 6. The number of nitrogens with zero attached hydrogens (tertiary/aromatic N) is 4. The van der Waals surface area contributed by atoms with Crippen molar-refractivity contribution >= 4 is 53.3 Å². The van der Waals surface area contributed by atoms with Crippen molar-refractivity contribution in [2.75, 3.05) is 0 Å². The summed E-state index contributed by atoms with van der Waals surface area (Å²) < 4.78 is 5.05. The smallest absolute Gasteiger partial charge is 0.164 e. The van der Waals surface area contributed by atoms with Crippen LogP contribution >= 0.6 is 11.3 Å². The Hall–Kier alpha value is -7.99. The molecule has 3 aromatic heterocycles. The lowest BCUT2D eigenvalue weighted by atomic mass is 9.99. The fraction of sp³-hybridized carbons (Fsp3) is 0. The summed E-state index contributed by atoms with van der Waals surface area (Å²) in [5.41, 5.74) is 13.1. The van der Waals surface area contributed by atoms with Crippen LogP contribution < -0.4 is 0 Å². The van der Waals surface area contributed by atoms with E-state index in [1.807, 2.05) is 35.6 Å². The lowest BCUT2D eigenvalue weighted by Gasteiger charge is -2.16. The molecule has 0 spiro atoms. The first kappa shape index (κ1) is 35.9. The molecule has 12 rings (SSSR count). The maximum atomic E-state index is 5.19. The van der Waals surface area contributed by atoms with Crippen LogP contribution in [0.5, 0.6) is 0 Å². The lowest BCUT2D eigenvalue weighted by Crippen LogP contribution is -2.02. The molecule has 5 heteroatoms. The van der Waals surface area contributed by atoms with E-state index in [1.54, 1.807) is 0 Å². The quantitative estimate of drug-likeness (QED) is 0.161. The van der Waals surface area contributed by atoms with Gasteiger partial charge in [-0.25, -0.2) is 15.0 Å². The van der Waals surface area contributed by atoms with E-state index in [9.17, 15) is 0 Å². The predicted octanol–water partition coefficient (Wildman–Crippen LogP) is 15.3. The van der Waals surface area contributed by atoms with E-state index in [2.05, 4.69) is 199 Å². The lowest BCUT2D eigenvalue weighted by molar-refractivity contribution is 1.07. The molecule has 290 valence electrons. The van der Waals surface area contributed by atoms with Gasteiger partial charge in [-0.05, 0) is 64.2 Å². The van der Waals surface area contributed by atoms with Crippen molar-refractivity contribution in [1.29, 1.82) is 0 Å². The van der Waals surface area contributed by atoms with Gasteiger partial charge in [0.1, 0.15) is 0 Å². The van der Waals surface area contributed by atoms with Crippen LogP contribution in [0.25, 0.3) is 115 Å². The molecule has 0 aliphatic carbocycles. The maximum absolute atomic E-state index is 5.19. The Labute approximate surface area is 362 Å². The molecule has 0 atom stereocenters. The molecule has 62 heavy (non-hydrogen) atoms. The van der Waals surface area contributed by atoms with Crippen molar-refractivity contribution in [2.45, 2.75) is 0 Å². The van der Waals surface area contributed by atoms with Gasteiger partial charge in [0, 0.05) is 53.2 Å². The zero-order chi connectivity index (χ0) is 41.0. The molecular weight excluding hydrogens is 773 g/mol. The Morgan fingerprint density at radius 1 is 0.306 bits per heavy atom. The van der Waals surface area contributed by atoms with Crippen LogP contribution in [0.3, 0.4) is 0 Å². The normalized spacial score (nSPS) is 11.5. The summed E-state index contributed by atoms with van der Waals surface area (Å²) in [6.45, 7) is 0. The molecular formula is C57H36N4S. The number of hydrogen-bond acceptors (Lipinski definition) is 4.